The molecule has 0 radical (unpaired) electrons. The minimum absolute atomic E-state index is 0.0591. The van der Waals surface area contributed by atoms with Crippen molar-refractivity contribution in [1.82, 2.24) is 10.2 Å². The zero-order chi connectivity index (χ0) is 25.6. The molecule has 0 spiro atoms. The number of amides is 2. The van der Waals surface area contributed by atoms with E-state index in [-0.39, 0.29) is 24.2 Å². The van der Waals surface area contributed by atoms with Crippen molar-refractivity contribution in [2.45, 2.75) is 52.7 Å². The van der Waals surface area contributed by atoms with E-state index in [1.54, 1.807) is 6.92 Å². The lowest BCUT2D eigenvalue weighted by Gasteiger charge is -2.32. The van der Waals surface area contributed by atoms with Crippen LogP contribution in [0.15, 0.2) is 42.5 Å². The van der Waals surface area contributed by atoms with E-state index in [2.05, 4.69) is 5.32 Å². The zero-order valence-electron chi connectivity index (χ0n) is 20.0. The molecule has 10 heteroatoms. The average molecular weight is 496 g/mol. The Bertz CT molecular complexity index is 1120. The molecule has 0 aromatic heterocycles. The Balaban J connectivity index is 2.39. The summed E-state index contributed by atoms with van der Waals surface area (Å²) in [6.07, 6.45) is 1.56. The molecule has 0 fully saturated rings. The molecule has 2 amide bonds. The highest BCUT2D eigenvalue weighted by Gasteiger charge is 2.30. The van der Waals surface area contributed by atoms with Gasteiger partial charge in [0.05, 0.1) is 11.9 Å². The molecular weight excluding hydrogens is 464 g/mol. The molecule has 0 aliphatic heterocycles. The lowest BCUT2D eigenvalue weighted by molar-refractivity contribution is -0.139. The molecule has 0 aliphatic rings. The smallest absolute Gasteiger partial charge is 0.244 e. The number of halogens is 2. The first-order valence-electron chi connectivity index (χ1n) is 10.9. The van der Waals surface area contributed by atoms with E-state index < -0.39 is 40.2 Å². The number of carbonyl (C=O) groups is 2. The summed E-state index contributed by atoms with van der Waals surface area (Å²) in [6, 6.07) is 8.94. The molecule has 0 bridgehead atoms. The van der Waals surface area contributed by atoms with Gasteiger partial charge in [0.15, 0.2) is 11.6 Å². The molecule has 7 nitrogen and oxygen atoms in total. The monoisotopic (exact) mass is 495 g/mol. The van der Waals surface area contributed by atoms with Crippen LogP contribution >= 0.6 is 0 Å². The second kappa shape index (κ2) is 11.4. The number of aryl methyl sites for hydroxylation is 1. The molecule has 0 aliphatic carbocycles. The molecule has 0 saturated heterocycles. The van der Waals surface area contributed by atoms with Gasteiger partial charge in [-0.3, -0.25) is 13.9 Å². The summed E-state index contributed by atoms with van der Waals surface area (Å²) in [5.74, 6) is -3.42. The number of carbonyl (C=O) groups excluding carboxylic acids is 2. The third-order valence-corrected chi connectivity index (χ3v) is 6.65. The quantitative estimate of drug-likeness (QED) is 0.548. The van der Waals surface area contributed by atoms with Gasteiger partial charge in [-0.1, -0.05) is 36.8 Å². The van der Waals surface area contributed by atoms with Gasteiger partial charge >= 0.3 is 0 Å². The molecule has 34 heavy (non-hydrogen) atoms. The van der Waals surface area contributed by atoms with Crippen molar-refractivity contribution >= 4 is 27.5 Å². The van der Waals surface area contributed by atoms with Gasteiger partial charge in [0.25, 0.3) is 0 Å². The van der Waals surface area contributed by atoms with Crippen LogP contribution in [0, 0.1) is 18.6 Å². The van der Waals surface area contributed by atoms with Gasteiger partial charge < -0.3 is 10.2 Å². The fourth-order valence-corrected chi connectivity index (χ4v) is 4.03. The van der Waals surface area contributed by atoms with Crippen LogP contribution in [0.1, 0.15) is 38.3 Å². The Morgan fingerprint density at radius 2 is 1.65 bits per heavy atom. The third-order valence-electron chi connectivity index (χ3n) is 5.51. The molecule has 0 heterocycles. The van der Waals surface area contributed by atoms with E-state index in [0.29, 0.717) is 16.8 Å². The van der Waals surface area contributed by atoms with E-state index in [9.17, 15) is 26.8 Å². The molecule has 2 rings (SSSR count). The number of benzene rings is 2. The fourth-order valence-electron chi connectivity index (χ4n) is 3.19. The number of hydrogen-bond acceptors (Lipinski definition) is 4. The van der Waals surface area contributed by atoms with Gasteiger partial charge in [-0.25, -0.2) is 17.2 Å². The van der Waals surface area contributed by atoms with E-state index in [1.165, 1.54) is 4.90 Å². The summed E-state index contributed by atoms with van der Waals surface area (Å²) in [5.41, 5.74) is 1.58. The van der Waals surface area contributed by atoms with E-state index in [1.807, 2.05) is 45.0 Å². The summed E-state index contributed by atoms with van der Waals surface area (Å²) >= 11 is 0. The second-order valence-electron chi connectivity index (χ2n) is 8.37. The second-order valence-corrected chi connectivity index (χ2v) is 10.3. The zero-order valence-corrected chi connectivity index (χ0v) is 20.8. The van der Waals surface area contributed by atoms with Gasteiger partial charge in [-0.05, 0) is 44.9 Å². The molecule has 0 saturated carbocycles. The van der Waals surface area contributed by atoms with Crippen molar-refractivity contribution in [2.75, 3.05) is 17.1 Å². The first-order chi connectivity index (χ1) is 15.8. The Labute approximate surface area is 199 Å². The standard InChI is InChI=1S/C24H31F2N3O4S/c1-6-17(3)27-24(31)18(4)28(14-19-9-7-16(2)8-10-19)23(30)15-29(34(5,32)33)20-11-12-21(25)22(26)13-20/h7-13,17-18H,6,14-15H2,1-5H3,(H,27,31)/t17-,18+/m0/s1. The summed E-state index contributed by atoms with van der Waals surface area (Å²) in [7, 11) is -4.03. The molecule has 186 valence electrons. The number of nitrogens with one attached hydrogen (secondary N) is 1. The molecular formula is C24H31F2N3O4S. The van der Waals surface area contributed by atoms with Crippen molar-refractivity contribution in [1.29, 1.82) is 0 Å². The Kier molecular flexibility index (Phi) is 9.14. The largest absolute Gasteiger partial charge is 0.352 e. The number of nitrogens with zero attached hydrogens (tertiary/aromatic N) is 2. The highest BCUT2D eigenvalue weighted by molar-refractivity contribution is 7.92. The highest BCUT2D eigenvalue weighted by atomic mass is 32.2. The number of rotatable bonds is 10. The van der Waals surface area contributed by atoms with Crippen LogP contribution in [0.2, 0.25) is 0 Å². The Morgan fingerprint density at radius 1 is 1.03 bits per heavy atom. The summed E-state index contributed by atoms with van der Waals surface area (Å²) in [4.78, 5) is 27.5. The molecule has 0 unspecified atom stereocenters. The first-order valence-corrected chi connectivity index (χ1v) is 12.8. The number of hydrogen-bond donors (Lipinski definition) is 1. The van der Waals surface area contributed by atoms with E-state index >= 15 is 0 Å². The lowest BCUT2D eigenvalue weighted by Crippen LogP contribution is -2.52. The Morgan fingerprint density at radius 3 is 2.18 bits per heavy atom. The topological polar surface area (TPSA) is 86.8 Å². The first kappa shape index (κ1) is 27.2. The predicted octanol–water partition coefficient (Wildman–Crippen LogP) is 3.37. The maximum absolute atomic E-state index is 13.8. The summed E-state index contributed by atoms with van der Waals surface area (Å²) in [6.45, 7) is 6.61. The van der Waals surface area contributed by atoms with Crippen LogP contribution in [-0.2, 0) is 26.2 Å². The van der Waals surface area contributed by atoms with Crippen molar-refractivity contribution in [2.24, 2.45) is 0 Å². The molecule has 1 N–H and O–H groups in total. The number of anilines is 1. The van der Waals surface area contributed by atoms with Crippen LogP contribution in [-0.4, -0.2) is 50.0 Å². The van der Waals surface area contributed by atoms with Crippen molar-refractivity contribution in [3.63, 3.8) is 0 Å². The summed E-state index contributed by atoms with van der Waals surface area (Å²) in [5, 5.41) is 2.83. The maximum atomic E-state index is 13.8. The van der Waals surface area contributed by atoms with Crippen LogP contribution in [0.5, 0.6) is 0 Å². The van der Waals surface area contributed by atoms with Crippen LogP contribution in [0.25, 0.3) is 0 Å². The van der Waals surface area contributed by atoms with Gasteiger partial charge in [0.1, 0.15) is 12.6 Å². The van der Waals surface area contributed by atoms with Crippen molar-refractivity contribution < 1.29 is 26.8 Å². The van der Waals surface area contributed by atoms with Crippen molar-refractivity contribution in [3.8, 4) is 0 Å². The normalized spacial score (nSPS) is 13.1. The lowest BCUT2D eigenvalue weighted by atomic mass is 10.1. The van der Waals surface area contributed by atoms with Gasteiger partial charge in [-0.15, -0.1) is 0 Å². The van der Waals surface area contributed by atoms with Crippen LogP contribution in [0.4, 0.5) is 14.5 Å². The van der Waals surface area contributed by atoms with E-state index in [4.69, 9.17) is 0 Å². The van der Waals surface area contributed by atoms with Crippen LogP contribution in [0.3, 0.4) is 0 Å². The molecule has 2 aromatic rings. The van der Waals surface area contributed by atoms with Gasteiger partial charge in [0, 0.05) is 18.7 Å². The van der Waals surface area contributed by atoms with Crippen LogP contribution < -0.4 is 9.62 Å². The number of sulfonamides is 1. The van der Waals surface area contributed by atoms with E-state index in [0.717, 1.165) is 29.5 Å². The highest BCUT2D eigenvalue weighted by Crippen LogP contribution is 2.21. The predicted molar refractivity (Wildman–Crippen MR) is 128 cm³/mol. The fraction of sp³-hybridized carbons (Fsp3) is 0.417. The minimum Gasteiger partial charge on any atom is -0.352 e. The van der Waals surface area contributed by atoms with Gasteiger partial charge in [0.2, 0.25) is 21.8 Å². The van der Waals surface area contributed by atoms with Gasteiger partial charge in [-0.2, -0.15) is 0 Å². The maximum Gasteiger partial charge on any atom is 0.244 e. The minimum atomic E-state index is -4.03. The third kappa shape index (κ3) is 7.24. The molecule has 2 aromatic carbocycles. The SMILES string of the molecule is CC[C@H](C)NC(=O)[C@@H](C)N(Cc1ccc(C)cc1)C(=O)CN(c1ccc(F)c(F)c1)S(C)(=O)=O. The average Bonchev–Trinajstić information content (AvgIpc) is 2.77. The van der Waals surface area contributed by atoms with Crippen molar-refractivity contribution in [3.05, 3.63) is 65.2 Å². The summed E-state index contributed by atoms with van der Waals surface area (Å²) < 4.78 is 52.7. The molecule has 2 atom stereocenters. The Hall–Kier alpha value is -3.01.